The summed E-state index contributed by atoms with van der Waals surface area (Å²) in [7, 11) is 0. The van der Waals surface area contributed by atoms with E-state index in [4.69, 9.17) is 5.73 Å². The Morgan fingerprint density at radius 2 is 1.80 bits per heavy atom. The fourth-order valence-corrected chi connectivity index (χ4v) is 2.30. The minimum Gasteiger partial charge on any atom is -0.349 e. The number of nitrogens with one attached hydrogen (secondary N) is 1. The van der Waals surface area contributed by atoms with Gasteiger partial charge in [-0.1, -0.05) is 19.9 Å². The molecule has 0 saturated carbocycles. The molecule has 1 aromatic carbocycles. The maximum absolute atomic E-state index is 13.7. The Morgan fingerprint density at radius 1 is 1.30 bits per heavy atom. The average Bonchev–Trinajstić information content (AvgIpc) is 2.41. The molecule has 3 N–H and O–H groups in total. The second kappa shape index (κ2) is 6.79. The van der Waals surface area contributed by atoms with Crippen LogP contribution >= 0.6 is 0 Å². The highest BCUT2D eigenvalue weighted by Crippen LogP contribution is 2.27. The molecule has 1 aromatic rings. The first-order chi connectivity index (χ1) is 9.41. The maximum atomic E-state index is 13.7. The van der Waals surface area contributed by atoms with Crippen LogP contribution < -0.4 is 11.1 Å². The summed E-state index contributed by atoms with van der Waals surface area (Å²) in [5.74, 6) is -1.59. The second-order valence-electron chi connectivity index (χ2n) is 5.02. The van der Waals surface area contributed by atoms with Crippen molar-refractivity contribution in [2.24, 2.45) is 11.1 Å². The molecule has 0 bridgehead atoms. The van der Waals surface area contributed by atoms with Gasteiger partial charge in [-0.3, -0.25) is 4.79 Å². The molecule has 1 unspecified atom stereocenters. The van der Waals surface area contributed by atoms with Crippen LogP contribution in [0, 0.1) is 17.0 Å². The molecule has 112 valence electrons. The van der Waals surface area contributed by atoms with Gasteiger partial charge < -0.3 is 11.1 Å². The van der Waals surface area contributed by atoms with Crippen molar-refractivity contribution in [2.75, 3.05) is 6.54 Å². The number of amides is 1. The summed E-state index contributed by atoms with van der Waals surface area (Å²) >= 11 is 0. The molecule has 20 heavy (non-hydrogen) atoms. The number of carbonyl (C=O) groups excluding carboxylic acids is 1. The highest BCUT2D eigenvalue weighted by Gasteiger charge is 2.34. The van der Waals surface area contributed by atoms with Gasteiger partial charge in [0, 0.05) is 12.1 Å². The smallest absolute Gasteiger partial charge is 0.227 e. The number of hydrogen-bond donors (Lipinski definition) is 2. The molecule has 0 radical (unpaired) electrons. The third kappa shape index (κ3) is 3.15. The topological polar surface area (TPSA) is 55.1 Å². The predicted octanol–water partition coefficient (Wildman–Crippen LogP) is 2.91. The van der Waals surface area contributed by atoms with E-state index < -0.39 is 23.1 Å². The van der Waals surface area contributed by atoms with Gasteiger partial charge in [-0.15, -0.1) is 0 Å². The molecule has 5 heteroatoms. The highest BCUT2D eigenvalue weighted by atomic mass is 19.1. The molecule has 0 aromatic heterocycles. The van der Waals surface area contributed by atoms with E-state index in [2.05, 4.69) is 5.32 Å². The zero-order chi connectivity index (χ0) is 15.3. The lowest BCUT2D eigenvalue weighted by Gasteiger charge is -2.30. The van der Waals surface area contributed by atoms with Gasteiger partial charge in [-0.05, 0) is 31.9 Å². The van der Waals surface area contributed by atoms with Crippen LogP contribution in [0.1, 0.15) is 45.2 Å². The largest absolute Gasteiger partial charge is 0.349 e. The van der Waals surface area contributed by atoms with Gasteiger partial charge in [-0.25, -0.2) is 8.78 Å². The number of hydrogen-bond acceptors (Lipinski definition) is 2. The molecule has 0 aliphatic rings. The van der Waals surface area contributed by atoms with E-state index in [1.54, 1.807) is 6.92 Å². The molecular weight excluding hydrogens is 262 g/mol. The molecule has 1 rings (SSSR count). The number of benzene rings is 1. The third-order valence-electron chi connectivity index (χ3n) is 4.01. The number of carbonyl (C=O) groups is 1. The predicted molar refractivity (Wildman–Crippen MR) is 75.0 cm³/mol. The summed E-state index contributed by atoms with van der Waals surface area (Å²) in [5.41, 5.74) is 4.88. The van der Waals surface area contributed by atoms with E-state index in [0.29, 0.717) is 12.8 Å². The Bertz CT molecular complexity index is 444. The maximum Gasteiger partial charge on any atom is 0.227 e. The Hall–Kier alpha value is -1.49. The first-order valence-corrected chi connectivity index (χ1v) is 6.86. The lowest BCUT2D eigenvalue weighted by Crippen LogP contribution is -2.46. The highest BCUT2D eigenvalue weighted by molar-refractivity contribution is 5.83. The van der Waals surface area contributed by atoms with Gasteiger partial charge in [0.2, 0.25) is 5.91 Å². The molecule has 0 saturated heterocycles. The number of rotatable bonds is 6. The number of halogens is 2. The van der Waals surface area contributed by atoms with Gasteiger partial charge in [0.15, 0.2) is 0 Å². The lowest BCUT2D eigenvalue weighted by molar-refractivity contribution is -0.131. The Kier molecular flexibility index (Phi) is 5.62. The van der Waals surface area contributed by atoms with E-state index in [-0.39, 0.29) is 18.0 Å². The van der Waals surface area contributed by atoms with Crippen LogP contribution in [-0.4, -0.2) is 12.5 Å². The molecule has 0 aliphatic carbocycles. The standard InChI is InChI=1S/C15H22F2N2O/c1-4-15(5-2,9-18)14(20)19-10(3)13-11(16)7-6-8-12(13)17/h6-8,10H,4-5,9,18H2,1-3H3,(H,19,20). The summed E-state index contributed by atoms with van der Waals surface area (Å²) in [5, 5.41) is 2.67. The van der Waals surface area contributed by atoms with Crippen molar-refractivity contribution in [1.82, 2.24) is 5.32 Å². The minimum atomic E-state index is -0.743. The Balaban J connectivity index is 2.96. The lowest BCUT2D eigenvalue weighted by atomic mass is 9.81. The molecule has 1 atom stereocenters. The van der Waals surface area contributed by atoms with Crippen LogP contribution in [0.15, 0.2) is 18.2 Å². The molecule has 1 amide bonds. The van der Waals surface area contributed by atoms with Gasteiger partial charge in [-0.2, -0.15) is 0 Å². The summed E-state index contributed by atoms with van der Waals surface area (Å²) in [6.07, 6.45) is 1.16. The zero-order valence-corrected chi connectivity index (χ0v) is 12.2. The van der Waals surface area contributed by atoms with Crippen molar-refractivity contribution >= 4 is 5.91 Å². The summed E-state index contributed by atoms with van der Waals surface area (Å²) in [6, 6.07) is 2.91. The van der Waals surface area contributed by atoms with Crippen molar-refractivity contribution in [1.29, 1.82) is 0 Å². The van der Waals surface area contributed by atoms with Gasteiger partial charge in [0.1, 0.15) is 11.6 Å². The van der Waals surface area contributed by atoms with Crippen LogP contribution in [-0.2, 0) is 4.79 Å². The normalized spacial score (nSPS) is 13.1. The summed E-state index contributed by atoms with van der Waals surface area (Å²) < 4.78 is 27.4. The molecular formula is C15H22F2N2O. The van der Waals surface area contributed by atoms with Crippen LogP contribution in [0.3, 0.4) is 0 Å². The van der Waals surface area contributed by atoms with Crippen LogP contribution in [0.5, 0.6) is 0 Å². The third-order valence-corrected chi connectivity index (χ3v) is 4.01. The number of nitrogens with two attached hydrogens (primary N) is 1. The van der Waals surface area contributed by atoms with E-state index >= 15 is 0 Å². The summed E-state index contributed by atoms with van der Waals surface area (Å²) in [4.78, 5) is 12.3. The van der Waals surface area contributed by atoms with Crippen molar-refractivity contribution in [2.45, 2.75) is 39.7 Å². The fraction of sp³-hybridized carbons (Fsp3) is 0.533. The van der Waals surface area contributed by atoms with E-state index in [1.807, 2.05) is 13.8 Å². The van der Waals surface area contributed by atoms with Gasteiger partial charge in [0.25, 0.3) is 0 Å². The first-order valence-electron chi connectivity index (χ1n) is 6.86. The molecule has 0 heterocycles. The van der Waals surface area contributed by atoms with Crippen molar-refractivity contribution < 1.29 is 13.6 Å². The SMILES string of the molecule is CCC(CC)(CN)C(=O)NC(C)c1c(F)cccc1F. The van der Waals surface area contributed by atoms with E-state index in [9.17, 15) is 13.6 Å². The quantitative estimate of drug-likeness (QED) is 0.844. The van der Waals surface area contributed by atoms with Crippen molar-refractivity contribution in [3.63, 3.8) is 0 Å². The fourth-order valence-electron chi connectivity index (χ4n) is 2.30. The van der Waals surface area contributed by atoms with Crippen LogP contribution in [0.2, 0.25) is 0 Å². The van der Waals surface area contributed by atoms with Crippen molar-refractivity contribution in [3.05, 3.63) is 35.4 Å². The van der Waals surface area contributed by atoms with Gasteiger partial charge in [0.05, 0.1) is 11.5 Å². The monoisotopic (exact) mass is 284 g/mol. The molecule has 0 fully saturated rings. The summed E-state index contributed by atoms with van der Waals surface area (Å²) in [6.45, 7) is 5.53. The van der Waals surface area contributed by atoms with Crippen LogP contribution in [0.25, 0.3) is 0 Å². The van der Waals surface area contributed by atoms with E-state index in [1.165, 1.54) is 18.2 Å². The average molecular weight is 284 g/mol. The Morgan fingerprint density at radius 3 is 2.20 bits per heavy atom. The second-order valence-corrected chi connectivity index (χ2v) is 5.02. The van der Waals surface area contributed by atoms with Crippen LogP contribution in [0.4, 0.5) is 8.78 Å². The van der Waals surface area contributed by atoms with E-state index in [0.717, 1.165) is 0 Å². The molecule has 0 spiro atoms. The zero-order valence-electron chi connectivity index (χ0n) is 12.2. The molecule has 3 nitrogen and oxygen atoms in total. The minimum absolute atomic E-state index is 0.126. The first kappa shape index (κ1) is 16.6. The van der Waals surface area contributed by atoms with Gasteiger partial charge >= 0.3 is 0 Å². The Labute approximate surface area is 118 Å². The van der Waals surface area contributed by atoms with Crippen molar-refractivity contribution in [3.8, 4) is 0 Å². The molecule has 0 aliphatic heterocycles.